The molecule has 1 N–H and O–H groups in total. The molecule has 1 unspecified atom stereocenters. The second-order valence-electron chi connectivity index (χ2n) is 6.21. The van der Waals surface area contributed by atoms with Crippen molar-refractivity contribution >= 4 is 5.97 Å². The number of rotatable bonds is 12. The summed E-state index contributed by atoms with van der Waals surface area (Å²) in [6, 6.07) is 15.2. The van der Waals surface area contributed by atoms with Gasteiger partial charge in [-0.15, -0.1) is 0 Å². The second-order valence-corrected chi connectivity index (χ2v) is 6.21. The molecule has 152 valence electrons. The Bertz CT molecular complexity index is 717. The summed E-state index contributed by atoms with van der Waals surface area (Å²) in [6.07, 6.45) is 0.264. The highest BCUT2D eigenvalue weighted by Gasteiger charge is 2.15. The van der Waals surface area contributed by atoms with Gasteiger partial charge in [0.25, 0.3) is 0 Å². The molecule has 28 heavy (non-hydrogen) atoms. The molecule has 1 atom stereocenters. The van der Waals surface area contributed by atoms with Crippen molar-refractivity contribution in [2.45, 2.75) is 32.9 Å². The van der Waals surface area contributed by atoms with E-state index in [4.69, 9.17) is 18.9 Å². The first kappa shape index (κ1) is 21.6. The predicted octanol–water partition coefficient (Wildman–Crippen LogP) is 3.58. The Morgan fingerprint density at radius 2 is 1.82 bits per heavy atom. The largest absolute Gasteiger partial charge is 0.497 e. The standard InChI is InChI=1S/C22H29NO5/c1-4-26-22(24)17(2)28-21-8-5-7-18(15-21)16-23-13-6-14-27-20-11-9-19(25-3)10-12-20/h5,7-12,15,17,23H,4,6,13-14,16H2,1-3H3. The number of esters is 1. The van der Waals surface area contributed by atoms with Gasteiger partial charge in [0.1, 0.15) is 17.2 Å². The third-order valence-corrected chi connectivity index (χ3v) is 3.99. The summed E-state index contributed by atoms with van der Waals surface area (Å²) in [5.41, 5.74) is 1.09. The molecule has 0 aliphatic carbocycles. The Labute approximate surface area is 166 Å². The van der Waals surface area contributed by atoms with Gasteiger partial charge in [-0.25, -0.2) is 4.79 Å². The zero-order chi connectivity index (χ0) is 20.2. The average Bonchev–Trinajstić information content (AvgIpc) is 2.71. The highest BCUT2D eigenvalue weighted by atomic mass is 16.6. The molecule has 6 nitrogen and oxygen atoms in total. The number of benzene rings is 2. The van der Waals surface area contributed by atoms with Gasteiger partial charge in [-0.05, 0) is 68.8 Å². The molecule has 0 fully saturated rings. The first-order chi connectivity index (χ1) is 13.6. The lowest BCUT2D eigenvalue weighted by atomic mass is 10.2. The number of hydrogen-bond donors (Lipinski definition) is 1. The van der Waals surface area contributed by atoms with Crippen molar-refractivity contribution in [3.8, 4) is 17.2 Å². The van der Waals surface area contributed by atoms with Crippen LogP contribution in [-0.4, -0.2) is 38.9 Å². The van der Waals surface area contributed by atoms with Gasteiger partial charge in [-0.3, -0.25) is 0 Å². The third-order valence-electron chi connectivity index (χ3n) is 3.99. The van der Waals surface area contributed by atoms with Crippen LogP contribution in [-0.2, 0) is 16.1 Å². The van der Waals surface area contributed by atoms with E-state index >= 15 is 0 Å². The normalized spacial score (nSPS) is 11.5. The maximum atomic E-state index is 11.7. The van der Waals surface area contributed by atoms with E-state index in [0.29, 0.717) is 25.5 Å². The minimum absolute atomic E-state index is 0.346. The Kier molecular flexibility index (Phi) is 9.15. The highest BCUT2D eigenvalue weighted by molar-refractivity contribution is 5.74. The first-order valence-electron chi connectivity index (χ1n) is 9.52. The molecule has 0 heterocycles. The van der Waals surface area contributed by atoms with Gasteiger partial charge < -0.3 is 24.3 Å². The van der Waals surface area contributed by atoms with Crippen molar-refractivity contribution in [1.82, 2.24) is 5.32 Å². The molecular weight excluding hydrogens is 358 g/mol. The highest BCUT2D eigenvalue weighted by Crippen LogP contribution is 2.17. The molecule has 2 aromatic carbocycles. The Balaban J connectivity index is 1.66. The van der Waals surface area contributed by atoms with Crippen LogP contribution in [0.15, 0.2) is 48.5 Å². The van der Waals surface area contributed by atoms with Crippen molar-refractivity contribution in [1.29, 1.82) is 0 Å². The average molecular weight is 387 g/mol. The van der Waals surface area contributed by atoms with E-state index in [1.54, 1.807) is 21.0 Å². The summed E-state index contributed by atoms with van der Waals surface area (Å²) < 4.78 is 21.4. The number of hydrogen-bond acceptors (Lipinski definition) is 6. The lowest BCUT2D eigenvalue weighted by molar-refractivity contribution is -0.150. The summed E-state index contributed by atoms with van der Waals surface area (Å²) in [6.45, 7) is 6.00. The van der Waals surface area contributed by atoms with Crippen LogP contribution in [0.1, 0.15) is 25.8 Å². The van der Waals surface area contributed by atoms with E-state index in [0.717, 1.165) is 30.0 Å². The third kappa shape index (κ3) is 7.48. The predicted molar refractivity (Wildman–Crippen MR) is 108 cm³/mol. The minimum atomic E-state index is -0.627. The maximum absolute atomic E-state index is 11.7. The van der Waals surface area contributed by atoms with Gasteiger partial charge in [-0.2, -0.15) is 0 Å². The molecule has 0 saturated carbocycles. The van der Waals surface area contributed by atoms with Gasteiger partial charge >= 0.3 is 5.97 Å². The smallest absolute Gasteiger partial charge is 0.347 e. The molecule has 0 radical (unpaired) electrons. The van der Waals surface area contributed by atoms with E-state index < -0.39 is 6.10 Å². The van der Waals surface area contributed by atoms with Crippen LogP contribution < -0.4 is 19.5 Å². The summed E-state index contributed by atoms with van der Waals surface area (Å²) >= 11 is 0. The van der Waals surface area contributed by atoms with Crippen LogP contribution in [0, 0.1) is 0 Å². The molecule has 0 aromatic heterocycles. The SMILES string of the molecule is CCOC(=O)C(C)Oc1cccc(CNCCCOc2ccc(OC)cc2)c1. The van der Waals surface area contributed by atoms with E-state index in [2.05, 4.69) is 5.32 Å². The lowest BCUT2D eigenvalue weighted by Gasteiger charge is -2.14. The van der Waals surface area contributed by atoms with Crippen LogP contribution in [0.5, 0.6) is 17.2 Å². The van der Waals surface area contributed by atoms with Crippen LogP contribution in [0.2, 0.25) is 0 Å². The van der Waals surface area contributed by atoms with E-state index in [1.165, 1.54) is 0 Å². The molecule has 0 aliphatic rings. The first-order valence-corrected chi connectivity index (χ1v) is 9.52. The van der Waals surface area contributed by atoms with Crippen molar-refractivity contribution in [3.63, 3.8) is 0 Å². The zero-order valence-corrected chi connectivity index (χ0v) is 16.8. The van der Waals surface area contributed by atoms with Crippen LogP contribution >= 0.6 is 0 Å². The summed E-state index contributed by atoms with van der Waals surface area (Å²) in [4.78, 5) is 11.7. The van der Waals surface area contributed by atoms with Gasteiger partial charge in [0, 0.05) is 6.54 Å². The lowest BCUT2D eigenvalue weighted by Crippen LogP contribution is -2.26. The van der Waals surface area contributed by atoms with Crippen molar-refractivity contribution < 1.29 is 23.7 Å². The zero-order valence-electron chi connectivity index (χ0n) is 16.8. The van der Waals surface area contributed by atoms with Gasteiger partial charge in [0.15, 0.2) is 6.10 Å². The monoisotopic (exact) mass is 387 g/mol. The molecule has 2 aromatic rings. The van der Waals surface area contributed by atoms with Crippen molar-refractivity contribution in [2.75, 3.05) is 26.9 Å². The Morgan fingerprint density at radius 3 is 2.54 bits per heavy atom. The molecule has 0 bridgehead atoms. The fourth-order valence-corrected chi connectivity index (χ4v) is 2.53. The fourth-order valence-electron chi connectivity index (χ4n) is 2.53. The summed E-state index contributed by atoms with van der Waals surface area (Å²) in [5.74, 6) is 1.95. The molecule has 6 heteroatoms. The number of ether oxygens (including phenoxy) is 4. The Morgan fingerprint density at radius 1 is 1.07 bits per heavy atom. The molecule has 0 saturated heterocycles. The molecular formula is C22H29NO5. The summed E-state index contributed by atoms with van der Waals surface area (Å²) in [7, 11) is 1.64. The topological polar surface area (TPSA) is 66.0 Å². The van der Waals surface area contributed by atoms with Crippen molar-refractivity contribution in [2.24, 2.45) is 0 Å². The van der Waals surface area contributed by atoms with Gasteiger partial charge in [-0.1, -0.05) is 12.1 Å². The molecule has 0 aliphatic heterocycles. The molecule has 0 spiro atoms. The van der Waals surface area contributed by atoms with E-state index in [9.17, 15) is 4.79 Å². The molecule has 2 rings (SSSR count). The maximum Gasteiger partial charge on any atom is 0.347 e. The van der Waals surface area contributed by atoms with E-state index in [1.807, 2.05) is 48.5 Å². The number of carbonyl (C=O) groups is 1. The quantitative estimate of drug-likeness (QED) is 0.444. The van der Waals surface area contributed by atoms with Crippen LogP contribution in [0.25, 0.3) is 0 Å². The number of carbonyl (C=O) groups excluding carboxylic acids is 1. The second kappa shape index (κ2) is 11.9. The van der Waals surface area contributed by atoms with Gasteiger partial charge in [0.2, 0.25) is 0 Å². The van der Waals surface area contributed by atoms with Crippen LogP contribution in [0.4, 0.5) is 0 Å². The fraction of sp³-hybridized carbons (Fsp3) is 0.409. The summed E-state index contributed by atoms with van der Waals surface area (Å²) in [5, 5.41) is 3.38. The van der Waals surface area contributed by atoms with E-state index in [-0.39, 0.29) is 5.97 Å². The number of methoxy groups -OCH3 is 1. The number of nitrogens with one attached hydrogen (secondary N) is 1. The minimum Gasteiger partial charge on any atom is -0.497 e. The van der Waals surface area contributed by atoms with Gasteiger partial charge in [0.05, 0.1) is 20.3 Å². The van der Waals surface area contributed by atoms with Crippen LogP contribution in [0.3, 0.4) is 0 Å². The molecule has 0 amide bonds. The Hall–Kier alpha value is -2.73. The van der Waals surface area contributed by atoms with Crippen molar-refractivity contribution in [3.05, 3.63) is 54.1 Å².